The first kappa shape index (κ1) is 33.9. The van der Waals surface area contributed by atoms with E-state index >= 15 is 0 Å². The van der Waals surface area contributed by atoms with E-state index in [0.717, 1.165) is 68.4 Å². The van der Waals surface area contributed by atoms with Gasteiger partial charge in [-0.15, -0.1) is 6.58 Å². The lowest BCUT2D eigenvalue weighted by atomic mass is 9.88. The van der Waals surface area contributed by atoms with Crippen molar-refractivity contribution in [3.63, 3.8) is 0 Å². The largest absolute Gasteiger partial charge is 0.412 e. The van der Waals surface area contributed by atoms with Gasteiger partial charge in [0, 0.05) is 49.2 Å². The molecule has 1 fully saturated rings. The van der Waals surface area contributed by atoms with Gasteiger partial charge in [0.15, 0.2) is 11.5 Å². The maximum atomic E-state index is 13.5. The van der Waals surface area contributed by atoms with Crippen LogP contribution in [-0.4, -0.2) is 59.5 Å². The van der Waals surface area contributed by atoms with Crippen molar-refractivity contribution in [2.45, 2.75) is 89.1 Å². The molecule has 50 heavy (non-hydrogen) atoms. The number of rotatable bonds is 12. The molecule has 1 aromatic carbocycles. The Hall–Kier alpha value is -4.62. The Balaban J connectivity index is 1.06. The van der Waals surface area contributed by atoms with Crippen LogP contribution in [0.3, 0.4) is 0 Å². The predicted octanol–water partition coefficient (Wildman–Crippen LogP) is 4.67. The molecule has 1 saturated carbocycles. The zero-order valence-corrected chi connectivity index (χ0v) is 28.8. The van der Waals surface area contributed by atoms with Crippen LogP contribution in [0, 0.1) is 0 Å². The van der Waals surface area contributed by atoms with E-state index in [1.165, 1.54) is 11.1 Å². The Morgan fingerprint density at radius 2 is 1.92 bits per heavy atom. The highest BCUT2D eigenvalue weighted by Crippen LogP contribution is 2.38. The van der Waals surface area contributed by atoms with Gasteiger partial charge >= 0.3 is 0 Å². The van der Waals surface area contributed by atoms with Gasteiger partial charge in [-0.3, -0.25) is 9.69 Å². The number of nitrogens with zero attached hydrogens (tertiary/aromatic N) is 6. The molecule has 0 radical (unpaired) electrons. The van der Waals surface area contributed by atoms with E-state index in [-0.39, 0.29) is 12.1 Å². The van der Waals surface area contributed by atoms with Gasteiger partial charge in [0.05, 0.1) is 12.2 Å². The Morgan fingerprint density at radius 1 is 1.12 bits per heavy atom. The molecule has 12 nitrogen and oxygen atoms in total. The van der Waals surface area contributed by atoms with Crippen LogP contribution >= 0.6 is 0 Å². The van der Waals surface area contributed by atoms with Gasteiger partial charge in [-0.1, -0.05) is 38.3 Å². The molecule has 0 saturated heterocycles. The fourth-order valence-corrected chi connectivity index (χ4v) is 7.80. The van der Waals surface area contributed by atoms with Crippen molar-refractivity contribution >= 4 is 22.7 Å². The van der Waals surface area contributed by atoms with Crippen molar-refractivity contribution in [2.24, 2.45) is 5.90 Å². The number of fused-ring (bicyclic) bond motifs is 3. The van der Waals surface area contributed by atoms with E-state index in [4.69, 9.17) is 20.7 Å². The average Bonchev–Trinajstić information content (AvgIpc) is 3.62. The fraction of sp³-hybridized carbons (Fsp3) is 0.421. The molecule has 3 aromatic heterocycles. The summed E-state index contributed by atoms with van der Waals surface area (Å²) in [5.41, 5.74) is 5.29. The first-order chi connectivity index (χ1) is 24.2. The van der Waals surface area contributed by atoms with Gasteiger partial charge < -0.3 is 20.6 Å². The van der Waals surface area contributed by atoms with Gasteiger partial charge in [0.1, 0.15) is 16.7 Å². The summed E-state index contributed by atoms with van der Waals surface area (Å²) >= 11 is 0. The number of aryl methyl sites for hydroxylation is 1. The van der Waals surface area contributed by atoms with Crippen molar-refractivity contribution in [1.29, 1.82) is 0 Å². The third-order valence-corrected chi connectivity index (χ3v) is 10.9. The monoisotopic (exact) mass is 677 g/mol. The molecule has 7 rings (SSSR count). The number of allylic oxidation sites excluding steroid dienone is 1. The lowest BCUT2D eigenvalue weighted by Crippen LogP contribution is -2.44. The van der Waals surface area contributed by atoms with Crippen molar-refractivity contribution in [3.8, 4) is 5.82 Å². The average molecular weight is 678 g/mol. The lowest BCUT2D eigenvalue weighted by Gasteiger charge is -2.39. The van der Waals surface area contributed by atoms with E-state index in [2.05, 4.69) is 58.5 Å². The molecule has 1 aliphatic heterocycles. The van der Waals surface area contributed by atoms with Crippen LogP contribution in [0.25, 0.3) is 16.9 Å². The lowest BCUT2D eigenvalue weighted by molar-refractivity contribution is 0.0306. The second-order valence-electron chi connectivity index (χ2n) is 13.8. The van der Waals surface area contributed by atoms with E-state index in [1.807, 2.05) is 19.1 Å². The summed E-state index contributed by atoms with van der Waals surface area (Å²) in [4.78, 5) is 35.1. The number of pyridine rings is 1. The zero-order chi connectivity index (χ0) is 35.0. The minimum Gasteiger partial charge on any atom is -0.412 e. The fourth-order valence-electron chi connectivity index (χ4n) is 7.80. The van der Waals surface area contributed by atoms with E-state index in [9.17, 15) is 9.90 Å². The van der Waals surface area contributed by atoms with Gasteiger partial charge in [0.25, 0.3) is 5.56 Å². The van der Waals surface area contributed by atoms with Crippen molar-refractivity contribution < 1.29 is 9.94 Å². The molecule has 5 N–H and O–H groups in total. The van der Waals surface area contributed by atoms with E-state index < -0.39 is 5.60 Å². The van der Waals surface area contributed by atoms with Gasteiger partial charge in [0.2, 0.25) is 5.95 Å². The van der Waals surface area contributed by atoms with Crippen LogP contribution in [0.5, 0.6) is 0 Å². The van der Waals surface area contributed by atoms with Gasteiger partial charge in [-0.2, -0.15) is 10.9 Å². The minimum absolute atomic E-state index is 0.225. The number of anilines is 2. The second-order valence-corrected chi connectivity index (χ2v) is 13.8. The Labute approximate surface area is 292 Å². The molecule has 4 heterocycles. The zero-order valence-electron chi connectivity index (χ0n) is 28.8. The third-order valence-electron chi connectivity index (χ3n) is 10.9. The normalized spacial score (nSPS) is 21.8. The summed E-state index contributed by atoms with van der Waals surface area (Å²) in [5, 5.41) is 18.6. The molecule has 262 valence electrons. The van der Waals surface area contributed by atoms with Crippen LogP contribution in [0.1, 0.15) is 67.8 Å². The summed E-state index contributed by atoms with van der Waals surface area (Å²) in [7, 11) is 0. The maximum Gasteiger partial charge on any atom is 0.278 e. The Morgan fingerprint density at radius 3 is 2.68 bits per heavy atom. The number of hydrogen-bond acceptors (Lipinski definition) is 10. The number of aliphatic hydroxyl groups is 1. The summed E-state index contributed by atoms with van der Waals surface area (Å²) in [6, 6.07) is 11.4. The van der Waals surface area contributed by atoms with E-state index in [1.54, 1.807) is 21.6 Å². The Bertz CT molecular complexity index is 2010. The molecule has 2 aliphatic carbocycles. The van der Waals surface area contributed by atoms with Crippen LogP contribution in [0.4, 0.5) is 11.6 Å². The van der Waals surface area contributed by atoms with E-state index in [0.29, 0.717) is 65.7 Å². The number of nitrogens with two attached hydrogens (primary N) is 1. The molecule has 0 bridgehead atoms. The molecular formula is C38H47N9O3. The van der Waals surface area contributed by atoms with Crippen LogP contribution in [0.15, 0.2) is 78.5 Å². The number of aromatic nitrogens is 5. The smallest absolute Gasteiger partial charge is 0.278 e. The SMILES string of the molecule is C=CCn1c(=O)c2cnc(Nc3ccc4c(c3)CCN(C3CCC(NCC(=C)C(=C)ON)CC3)C4)nc2n1-c1ccc2c(n1)[C@@](O)(CC)CC2. The molecular weight excluding hydrogens is 630 g/mol. The molecule has 12 heteroatoms. The van der Waals surface area contributed by atoms with Crippen molar-refractivity contribution in [2.75, 3.05) is 18.4 Å². The predicted molar refractivity (Wildman–Crippen MR) is 195 cm³/mol. The first-order valence-electron chi connectivity index (χ1n) is 17.6. The minimum atomic E-state index is -0.978. The highest BCUT2D eigenvalue weighted by Gasteiger charge is 2.37. The van der Waals surface area contributed by atoms with Crippen LogP contribution < -0.4 is 22.1 Å². The number of hydrogen-bond donors (Lipinski definition) is 4. The third kappa shape index (κ3) is 6.39. The topological polar surface area (TPSA) is 148 Å². The van der Waals surface area contributed by atoms with Crippen molar-refractivity contribution in [1.82, 2.24) is 34.5 Å². The van der Waals surface area contributed by atoms with Crippen LogP contribution in [-0.2, 0) is 36.4 Å². The highest BCUT2D eigenvalue weighted by molar-refractivity contribution is 5.77. The molecule has 0 spiro atoms. The van der Waals surface area contributed by atoms with Gasteiger partial charge in [-0.05, 0) is 86.3 Å². The standard InChI is InChI=1S/C38H47N9O3/c1-5-18-46-36(48)32-22-41-37(44-35(32)47(46)33-14-8-26-15-17-38(49,6-2)34(26)43-33)42-30-9-7-28-23-45(19-16-27(28)20-30)31-12-10-29(11-13-31)40-21-24(3)25(4)50-39/h5,7-9,14,20,22,29,31,40,49H,1,3-4,6,10-13,15-19,21,23,39H2,2H3,(H,41,42,44)/t29?,31?,38-/m1/s1. The summed E-state index contributed by atoms with van der Waals surface area (Å²) < 4.78 is 3.28. The number of nitrogens with one attached hydrogen (secondary N) is 2. The quantitative estimate of drug-likeness (QED) is 0.0722. The highest BCUT2D eigenvalue weighted by atomic mass is 16.6. The summed E-state index contributed by atoms with van der Waals surface area (Å²) in [6.45, 7) is 16.5. The molecule has 0 unspecified atom stereocenters. The Kier molecular flexibility index (Phi) is 9.44. The molecule has 1 atom stereocenters. The summed E-state index contributed by atoms with van der Waals surface area (Å²) in [5.74, 6) is 6.54. The number of benzene rings is 1. The van der Waals surface area contributed by atoms with Gasteiger partial charge in [-0.25, -0.2) is 19.3 Å². The summed E-state index contributed by atoms with van der Waals surface area (Å²) in [6.07, 6.45) is 10.8. The first-order valence-corrected chi connectivity index (χ1v) is 17.6. The maximum absolute atomic E-state index is 13.5. The van der Waals surface area contributed by atoms with Crippen molar-refractivity contribution in [3.05, 3.63) is 106 Å². The second kappa shape index (κ2) is 13.9. The molecule has 4 aromatic rings. The molecule has 0 amide bonds. The molecule has 3 aliphatic rings. The van der Waals surface area contributed by atoms with Crippen LogP contribution in [0.2, 0.25) is 0 Å².